The zero-order chi connectivity index (χ0) is 19.1. The van der Waals surface area contributed by atoms with Gasteiger partial charge < -0.3 is 0 Å². The van der Waals surface area contributed by atoms with Crippen molar-refractivity contribution in [3.8, 4) is 11.3 Å². The van der Waals surface area contributed by atoms with Crippen molar-refractivity contribution >= 4 is 27.0 Å². The molecule has 0 radical (unpaired) electrons. The molecule has 3 aromatic rings. The maximum atomic E-state index is 12.5. The van der Waals surface area contributed by atoms with Crippen molar-refractivity contribution in [2.75, 3.05) is 6.26 Å². The van der Waals surface area contributed by atoms with Crippen LogP contribution in [-0.2, 0) is 10.0 Å². The second kappa shape index (κ2) is 6.53. The Labute approximate surface area is 152 Å². The van der Waals surface area contributed by atoms with Crippen LogP contribution in [0.5, 0.6) is 0 Å². The summed E-state index contributed by atoms with van der Waals surface area (Å²) in [5.41, 5.74) is 3.29. The van der Waals surface area contributed by atoms with Gasteiger partial charge in [0.25, 0.3) is 5.91 Å². The summed E-state index contributed by atoms with van der Waals surface area (Å²) in [5.74, 6) is -0.698. The van der Waals surface area contributed by atoms with Gasteiger partial charge in [0.05, 0.1) is 29.1 Å². The Morgan fingerprint density at radius 2 is 1.85 bits per heavy atom. The van der Waals surface area contributed by atoms with E-state index < -0.39 is 15.9 Å². The highest BCUT2D eigenvalue weighted by atomic mass is 32.2. The minimum absolute atomic E-state index is 0.0408. The summed E-state index contributed by atoms with van der Waals surface area (Å²) in [6.45, 7) is 5.91. The number of aryl methyl sites for hydroxylation is 1. The van der Waals surface area contributed by atoms with Crippen molar-refractivity contribution in [3.05, 3.63) is 47.7 Å². The second-order valence-corrected chi connectivity index (χ2v) is 8.29. The lowest BCUT2D eigenvalue weighted by atomic mass is 10.1. The van der Waals surface area contributed by atoms with Crippen LogP contribution in [0, 0.1) is 6.92 Å². The number of fused-ring (bicyclic) bond motifs is 1. The molecule has 0 unspecified atom stereocenters. The lowest BCUT2D eigenvalue weighted by Gasteiger charge is -2.11. The van der Waals surface area contributed by atoms with Gasteiger partial charge in [-0.05, 0) is 26.8 Å². The first-order chi connectivity index (χ1) is 12.2. The Hall–Kier alpha value is -2.74. The van der Waals surface area contributed by atoms with E-state index >= 15 is 0 Å². The van der Waals surface area contributed by atoms with Gasteiger partial charge in [-0.25, -0.2) is 22.8 Å². The van der Waals surface area contributed by atoms with Gasteiger partial charge in [0, 0.05) is 11.6 Å². The van der Waals surface area contributed by atoms with Crippen molar-refractivity contribution in [1.82, 2.24) is 19.5 Å². The van der Waals surface area contributed by atoms with Gasteiger partial charge in [-0.3, -0.25) is 4.79 Å². The smallest absolute Gasteiger partial charge is 0.265 e. The molecule has 2 heterocycles. The van der Waals surface area contributed by atoms with E-state index in [1.165, 1.54) is 0 Å². The average Bonchev–Trinajstić information content (AvgIpc) is 2.97. The van der Waals surface area contributed by atoms with Gasteiger partial charge in [0.1, 0.15) is 0 Å². The molecule has 2 aromatic heterocycles. The Morgan fingerprint density at radius 1 is 1.19 bits per heavy atom. The maximum Gasteiger partial charge on any atom is 0.265 e. The standard InChI is InChI=1S/C18H20N4O3S/c1-11(2)22-17-15(10-19-22)14(18(23)21-26(4,24)25)9-16(20-17)13-7-5-12(3)6-8-13/h5-11H,1-4H3,(H,21,23). The first-order valence-electron chi connectivity index (χ1n) is 8.13. The van der Waals surface area contributed by atoms with E-state index in [-0.39, 0.29) is 11.6 Å². The van der Waals surface area contributed by atoms with Crippen LogP contribution >= 0.6 is 0 Å². The summed E-state index contributed by atoms with van der Waals surface area (Å²) in [6, 6.07) is 9.38. The van der Waals surface area contributed by atoms with Gasteiger partial charge in [-0.15, -0.1) is 0 Å². The number of nitrogens with zero attached hydrogens (tertiary/aromatic N) is 3. The highest BCUT2D eigenvalue weighted by Gasteiger charge is 2.20. The Balaban J connectivity index is 2.25. The summed E-state index contributed by atoms with van der Waals surface area (Å²) >= 11 is 0. The topological polar surface area (TPSA) is 94.0 Å². The number of hydrogen-bond donors (Lipinski definition) is 1. The molecule has 0 atom stereocenters. The van der Waals surface area contributed by atoms with Crippen molar-refractivity contribution in [1.29, 1.82) is 0 Å². The molecule has 0 spiro atoms. The third kappa shape index (κ3) is 3.60. The zero-order valence-electron chi connectivity index (χ0n) is 15.0. The van der Waals surface area contributed by atoms with E-state index in [1.54, 1.807) is 16.9 Å². The molecule has 26 heavy (non-hydrogen) atoms. The van der Waals surface area contributed by atoms with Crippen molar-refractivity contribution in [2.45, 2.75) is 26.8 Å². The minimum Gasteiger partial charge on any atom is -0.268 e. The molecule has 0 aliphatic heterocycles. The number of pyridine rings is 1. The van der Waals surface area contributed by atoms with Crippen LogP contribution < -0.4 is 4.72 Å². The summed E-state index contributed by atoms with van der Waals surface area (Å²) in [4.78, 5) is 17.2. The van der Waals surface area contributed by atoms with E-state index in [0.29, 0.717) is 16.7 Å². The van der Waals surface area contributed by atoms with E-state index in [2.05, 4.69) is 10.1 Å². The number of hydrogen-bond acceptors (Lipinski definition) is 5. The highest BCUT2D eigenvalue weighted by Crippen LogP contribution is 2.26. The minimum atomic E-state index is -3.68. The molecule has 136 valence electrons. The highest BCUT2D eigenvalue weighted by molar-refractivity contribution is 7.89. The van der Waals surface area contributed by atoms with Crippen molar-refractivity contribution in [2.24, 2.45) is 0 Å². The van der Waals surface area contributed by atoms with Crippen LogP contribution in [0.25, 0.3) is 22.3 Å². The van der Waals surface area contributed by atoms with Crippen LogP contribution in [0.4, 0.5) is 0 Å². The Morgan fingerprint density at radius 3 is 2.42 bits per heavy atom. The average molecular weight is 372 g/mol. The summed E-state index contributed by atoms with van der Waals surface area (Å²) in [6.07, 6.45) is 2.49. The largest absolute Gasteiger partial charge is 0.268 e. The molecule has 1 aromatic carbocycles. The van der Waals surface area contributed by atoms with E-state index in [4.69, 9.17) is 0 Å². The fourth-order valence-electron chi connectivity index (χ4n) is 2.68. The number of amides is 1. The van der Waals surface area contributed by atoms with Crippen molar-refractivity contribution < 1.29 is 13.2 Å². The van der Waals surface area contributed by atoms with Gasteiger partial charge in [-0.1, -0.05) is 29.8 Å². The number of sulfonamides is 1. The normalized spacial score (nSPS) is 11.9. The first-order valence-corrected chi connectivity index (χ1v) is 10.0. The fourth-order valence-corrected chi connectivity index (χ4v) is 3.13. The zero-order valence-corrected chi connectivity index (χ0v) is 15.8. The number of carbonyl (C=O) groups is 1. The number of rotatable bonds is 4. The molecule has 8 heteroatoms. The van der Waals surface area contributed by atoms with E-state index in [1.807, 2.05) is 49.8 Å². The fraction of sp³-hybridized carbons (Fsp3) is 0.278. The third-order valence-corrected chi connectivity index (χ3v) is 4.48. The lowest BCUT2D eigenvalue weighted by Crippen LogP contribution is -2.29. The van der Waals surface area contributed by atoms with E-state index in [0.717, 1.165) is 17.4 Å². The molecule has 0 fully saturated rings. The third-order valence-electron chi connectivity index (χ3n) is 3.93. The molecule has 0 bridgehead atoms. The molecule has 0 saturated carbocycles. The second-order valence-electron chi connectivity index (χ2n) is 6.54. The maximum absolute atomic E-state index is 12.5. The van der Waals surface area contributed by atoms with Gasteiger partial charge in [0.15, 0.2) is 5.65 Å². The van der Waals surface area contributed by atoms with Crippen LogP contribution in [0.2, 0.25) is 0 Å². The predicted octanol–water partition coefficient (Wildman–Crippen LogP) is 2.68. The van der Waals surface area contributed by atoms with Gasteiger partial charge in [0.2, 0.25) is 10.0 Å². The summed E-state index contributed by atoms with van der Waals surface area (Å²) < 4.78 is 26.7. The van der Waals surface area contributed by atoms with Crippen molar-refractivity contribution in [3.63, 3.8) is 0 Å². The van der Waals surface area contributed by atoms with Crippen LogP contribution in [0.1, 0.15) is 35.8 Å². The molecule has 1 N–H and O–H groups in total. The monoisotopic (exact) mass is 372 g/mol. The number of carbonyl (C=O) groups excluding carboxylic acids is 1. The Kier molecular flexibility index (Phi) is 4.53. The van der Waals surface area contributed by atoms with Crippen LogP contribution in [-0.4, -0.2) is 35.3 Å². The quantitative estimate of drug-likeness (QED) is 0.760. The van der Waals surface area contributed by atoms with Gasteiger partial charge in [-0.2, -0.15) is 5.10 Å². The molecular formula is C18H20N4O3S. The SMILES string of the molecule is Cc1ccc(-c2cc(C(=O)NS(C)(=O)=O)c3cnn(C(C)C)c3n2)cc1. The Bertz CT molecular complexity index is 1080. The predicted molar refractivity (Wildman–Crippen MR) is 100 cm³/mol. The van der Waals surface area contributed by atoms with Crippen LogP contribution in [0.15, 0.2) is 36.5 Å². The molecule has 0 aliphatic carbocycles. The summed E-state index contributed by atoms with van der Waals surface area (Å²) in [5, 5.41) is 4.82. The number of benzene rings is 1. The molecule has 7 nitrogen and oxygen atoms in total. The molecule has 1 amide bonds. The molecule has 0 saturated heterocycles. The molecule has 3 rings (SSSR count). The van der Waals surface area contributed by atoms with E-state index in [9.17, 15) is 13.2 Å². The summed E-state index contributed by atoms with van der Waals surface area (Å²) in [7, 11) is -3.68. The molecule has 0 aliphatic rings. The number of nitrogens with one attached hydrogen (secondary N) is 1. The van der Waals surface area contributed by atoms with Crippen LogP contribution in [0.3, 0.4) is 0 Å². The lowest BCUT2D eigenvalue weighted by molar-refractivity contribution is 0.0983. The van der Waals surface area contributed by atoms with Gasteiger partial charge >= 0.3 is 0 Å². The number of aromatic nitrogens is 3. The molecular weight excluding hydrogens is 352 g/mol. The first kappa shape index (κ1) is 18.1.